The molecule has 6 heteroatoms. The van der Waals surface area contributed by atoms with Crippen LogP contribution in [0, 0.1) is 0 Å². The molecule has 0 fully saturated rings. The monoisotopic (exact) mass is 229 g/mol. The molecule has 0 aromatic carbocycles. The normalized spacial score (nSPS) is 10.2. The number of aromatic nitrogens is 3. The maximum absolute atomic E-state index is 5.60. The Morgan fingerprint density at radius 2 is 2.23 bits per heavy atom. The van der Waals surface area contributed by atoms with Gasteiger partial charge < -0.3 is 0 Å². The molecule has 0 aliphatic rings. The summed E-state index contributed by atoms with van der Waals surface area (Å²) in [6.45, 7) is 0. The lowest BCUT2D eigenvalue weighted by Crippen LogP contribution is -1.83. The molecule has 3 nitrogen and oxygen atoms in total. The molecule has 0 atom stereocenters. The zero-order valence-electron chi connectivity index (χ0n) is 6.35. The molecule has 0 aliphatic heterocycles. The summed E-state index contributed by atoms with van der Waals surface area (Å²) in [5, 5.41) is 10.8. The van der Waals surface area contributed by atoms with E-state index in [0.717, 1.165) is 9.37 Å². The molecule has 0 amide bonds. The van der Waals surface area contributed by atoms with Crippen LogP contribution in [-0.2, 0) is 0 Å². The maximum atomic E-state index is 5.60. The van der Waals surface area contributed by atoms with Crippen LogP contribution in [0.5, 0.6) is 0 Å². The molecule has 0 saturated carbocycles. The Labute approximate surface area is 88.2 Å². The summed E-state index contributed by atoms with van der Waals surface area (Å²) in [6.07, 6.45) is 1.76. The van der Waals surface area contributed by atoms with Gasteiger partial charge in [-0.05, 0) is 23.9 Å². The highest BCUT2D eigenvalue weighted by atomic mass is 35.5. The quantitative estimate of drug-likeness (QED) is 0.794. The molecule has 0 unspecified atom stereocenters. The maximum Gasteiger partial charge on any atom is 0.156 e. The minimum atomic E-state index is 0.406. The van der Waals surface area contributed by atoms with Crippen molar-refractivity contribution in [2.24, 2.45) is 0 Å². The van der Waals surface area contributed by atoms with E-state index in [9.17, 15) is 0 Å². The van der Waals surface area contributed by atoms with E-state index >= 15 is 0 Å². The van der Waals surface area contributed by atoms with Crippen LogP contribution in [0.1, 0.15) is 0 Å². The molecule has 66 valence electrons. The minimum Gasteiger partial charge on any atom is -0.238 e. The van der Waals surface area contributed by atoms with Gasteiger partial charge in [0.15, 0.2) is 9.49 Å². The van der Waals surface area contributed by atoms with Gasteiger partial charge in [-0.15, -0.1) is 21.5 Å². The predicted molar refractivity (Wildman–Crippen MR) is 53.3 cm³/mol. The van der Waals surface area contributed by atoms with Crippen molar-refractivity contribution in [1.82, 2.24) is 15.2 Å². The molecule has 2 aromatic heterocycles. The van der Waals surface area contributed by atoms with E-state index in [1.54, 1.807) is 23.6 Å². The van der Waals surface area contributed by atoms with Crippen LogP contribution >= 0.6 is 34.7 Å². The third-order valence-electron chi connectivity index (χ3n) is 1.21. The number of nitrogens with zero attached hydrogens (tertiary/aromatic N) is 3. The summed E-state index contributed by atoms with van der Waals surface area (Å²) in [5.41, 5.74) is 0. The van der Waals surface area contributed by atoms with Crippen molar-refractivity contribution in [1.29, 1.82) is 0 Å². The second-order valence-electron chi connectivity index (χ2n) is 2.09. The van der Waals surface area contributed by atoms with Crippen molar-refractivity contribution < 1.29 is 0 Å². The summed E-state index contributed by atoms with van der Waals surface area (Å²) in [4.78, 5) is 4.11. The van der Waals surface area contributed by atoms with Gasteiger partial charge in [-0.1, -0.05) is 11.6 Å². The van der Waals surface area contributed by atoms with Crippen LogP contribution in [0.4, 0.5) is 0 Å². The fraction of sp³-hybridized carbons (Fsp3) is 0. The first-order valence-electron chi connectivity index (χ1n) is 3.41. The first-order valence-corrected chi connectivity index (χ1v) is 5.48. The molecule has 0 N–H and O–H groups in total. The van der Waals surface area contributed by atoms with Gasteiger partial charge in [-0.3, -0.25) is 0 Å². The summed E-state index contributed by atoms with van der Waals surface area (Å²) < 4.78 is 0.955. The minimum absolute atomic E-state index is 0.406. The molecule has 0 aliphatic carbocycles. The van der Waals surface area contributed by atoms with Crippen molar-refractivity contribution in [2.45, 2.75) is 9.37 Å². The van der Waals surface area contributed by atoms with E-state index in [1.165, 1.54) is 11.8 Å². The standard InChI is InChI=1S/C7H4ClN3S2/c8-5-1-2-6(11-10-5)13-7-9-3-4-12-7/h1-4H. The molecule has 0 radical (unpaired) electrons. The molecule has 2 heterocycles. The highest BCUT2D eigenvalue weighted by Crippen LogP contribution is 2.27. The van der Waals surface area contributed by atoms with Gasteiger partial charge in [0.2, 0.25) is 0 Å². The summed E-state index contributed by atoms with van der Waals surface area (Å²) in [6, 6.07) is 3.53. The molecule has 0 bridgehead atoms. The average Bonchev–Trinajstić information content (AvgIpc) is 2.62. The predicted octanol–water partition coefficient (Wildman–Crippen LogP) is 2.74. The van der Waals surface area contributed by atoms with Crippen molar-refractivity contribution in [3.63, 3.8) is 0 Å². The fourth-order valence-electron chi connectivity index (χ4n) is 0.708. The highest BCUT2D eigenvalue weighted by molar-refractivity contribution is 8.00. The molecule has 0 spiro atoms. The van der Waals surface area contributed by atoms with Gasteiger partial charge in [0.05, 0.1) is 0 Å². The smallest absolute Gasteiger partial charge is 0.156 e. The zero-order chi connectivity index (χ0) is 9.10. The van der Waals surface area contributed by atoms with Crippen LogP contribution in [0.25, 0.3) is 0 Å². The molecular weight excluding hydrogens is 226 g/mol. The van der Waals surface area contributed by atoms with E-state index in [-0.39, 0.29) is 0 Å². The lowest BCUT2D eigenvalue weighted by Gasteiger charge is -1.93. The number of rotatable bonds is 2. The Morgan fingerprint density at radius 3 is 2.85 bits per heavy atom. The van der Waals surface area contributed by atoms with Gasteiger partial charge >= 0.3 is 0 Å². The Morgan fingerprint density at radius 1 is 1.31 bits per heavy atom. The van der Waals surface area contributed by atoms with Crippen molar-refractivity contribution in [3.05, 3.63) is 28.9 Å². The zero-order valence-corrected chi connectivity index (χ0v) is 8.73. The number of hydrogen-bond acceptors (Lipinski definition) is 5. The first kappa shape index (κ1) is 8.93. The average molecular weight is 230 g/mol. The van der Waals surface area contributed by atoms with Crippen molar-refractivity contribution in [2.75, 3.05) is 0 Å². The molecule has 2 aromatic rings. The van der Waals surface area contributed by atoms with Crippen LogP contribution < -0.4 is 0 Å². The Balaban J connectivity index is 2.15. The molecular formula is C7H4ClN3S2. The summed E-state index contributed by atoms with van der Waals surface area (Å²) in [5.74, 6) is 0. The molecule has 2 rings (SSSR count). The molecule has 0 saturated heterocycles. The van der Waals surface area contributed by atoms with Crippen molar-refractivity contribution >= 4 is 34.7 Å². The van der Waals surface area contributed by atoms with Gasteiger partial charge in [0.1, 0.15) is 5.03 Å². The Bertz CT molecular complexity index is 373. The van der Waals surface area contributed by atoms with Crippen molar-refractivity contribution in [3.8, 4) is 0 Å². The van der Waals surface area contributed by atoms with Crippen LogP contribution in [-0.4, -0.2) is 15.2 Å². The number of hydrogen-bond donors (Lipinski definition) is 0. The van der Waals surface area contributed by atoms with Crippen LogP contribution in [0.3, 0.4) is 0 Å². The lowest BCUT2D eigenvalue weighted by atomic mass is 10.6. The van der Waals surface area contributed by atoms with E-state index in [1.807, 2.05) is 11.4 Å². The van der Waals surface area contributed by atoms with E-state index in [2.05, 4.69) is 15.2 Å². The second-order valence-corrected chi connectivity index (χ2v) is 4.64. The van der Waals surface area contributed by atoms with Crippen LogP contribution in [0.15, 0.2) is 33.1 Å². The van der Waals surface area contributed by atoms with Gasteiger partial charge in [-0.2, -0.15) is 0 Å². The van der Waals surface area contributed by atoms with E-state index in [4.69, 9.17) is 11.6 Å². The molecule has 13 heavy (non-hydrogen) atoms. The third-order valence-corrected chi connectivity index (χ3v) is 3.22. The second kappa shape index (κ2) is 4.04. The van der Waals surface area contributed by atoms with E-state index in [0.29, 0.717) is 5.15 Å². The number of thiazole rings is 1. The lowest BCUT2D eigenvalue weighted by molar-refractivity contribution is 0.929. The Hall–Kier alpha value is -0.650. The number of halogens is 1. The Kier molecular flexibility index (Phi) is 2.77. The van der Waals surface area contributed by atoms with Crippen LogP contribution in [0.2, 0.25) is 5.15 Å². The largest absolute Gasteiger partial charge is 0.238 e. The first-order chi connectivity index (χ1) is 6.34. The van der Waals surface area contributed by atoms with Gasteiger partial charge in [0.25, 0.3) is 0 Å². The fourth-order valence-corrected chi connectivity index (χ4v) is 2.29. The SMILES string of the molecule is Clc1ccc(Sc2nccs2)nn1. The van der Waals surface area contributed by atoms with E-state index < -0.39 is 0 Å². The topological polar surface area (TPSA) is 38.7 Å². The summed E-state index contributed by atoms with van der Waals surface area (Å²) in [7, 11) is 0. The highest BCUT2D eigenvalue weighted by Gasteiger charge is 2.00. The third kappa shape index (κ3) is 2.40. The van der Waals surface area contributed by atoms with Gasteiger partial charge in [0, 0.05) is 11.6 Å². The van der Waals surface area contributed by atoms with Gasteiger partial charge in [-0.25, -0.2) is 4.98 Å². The summed E-state index contributed by atoms with van der Waals surface area (Å²) >= 11 is 8.65.